The van der Waals surface area contributed by atoms with Gasteiger partial charge in [0.1, 0.15) is 5.82 Å². The van der Waals surface area contributed by atoms with Crippen molar-refractivity contribution < 1.29 is 0 Å². The Morgan fingerprint density at radius 3 is 1.50 bits per heavy atom. The van der Waals surface area contributed by atoms with Crippen LogP contribution in [0.4, 0.5) is 0 Å². The first-order valence-corrected chi connectivity index (χ1v) is 11.3. The minimum Gasteiger partial charge on any atom is -0.273 e. The molecular weight excluding hydrogens is 407 g/mol. The number of aryl methyl sites for hydroxylation is 2. The standard InChI is InChI=1S/C21H39IN2/c1-4-5-6-7-8-9-10-11-12-13-14-15-16-17-18-21-23-19(2)20(3)24(21)22/h4-18H2,1-3H3. The summed E-state index contributed by atoms with van der Waals surface area (Å²) in [5, 5.41) is 0. The molecule has 0 spiro atoms. The third kappa shape index (κ3) is 9.43. The second kappa shape index (κ2) is 14.1. The van der Waals surface area contributed by atoms with Gasteiger partial charge in [0, 0.05) is 12.1 Å². The molecule has 0 N–H and O–H groups in total. The van der Waals surface area contributed by atoms with Crippen molar-refractivity contribution >= 4 is 22.9 Å². The monoisotopic (exact) mass is 446 g/mol. The number of aromatic nitrogens is 2. The van der Waals surface area contributed by atoms with E-state index in [0.29, 0.717) is 0 Å². The average molecular weight is 446 g/mol. The predicted molar refractivity (Wildman–Crippen MR) is 115 cm³/mol. The maximum absolute atomic E-state index is 4.66. The van der Waals surface area contributed by atoms with Gasteiger partial charge in [0.2, 0.25) is 0 Å². The van der Waals surface area contributed by atoms with Crippen molar-refractivity contribution in [1.29, 1.82) is 0 Å². The zero-order chi connectivity index (χ0) is 17.6. The van der Waals surface area contributed by atoms with Gasteiger partial charge >= 0.3 is 0 Å². The quantitative estimate of drug-likeness (QED) is 0.199. The average Bonchev–Trinajstić information content (AvgIpc) is 2.82. The molecule has 0 atom stereocenters. The Hall–Kier alpha value is -0.0600. The largest absolute Gasteiger partial charge is 0.273 e. The molecule has 1 aromatic rings. The van der Waals surface area contributed by atoms with E-state index < -0.39 is 0 Å². The van der Waals surface area contributed by atoms with Gasteiger partial charge in [0.05, 0.1) is 28.6 Å². The van der Waals surface area contributed by atoms with Crippen molar-refractivity contribution in [2.45, 2.75) is 117 Å². The second-order valence-corrected chi connectivity index (χ2v) is 8.29. The summed E-state index contributed by atoms with van der Waals surface area (Å²) in [5.41, 5.74) is 2.49. The van der Waals surface area contributed by atoms with Gasteiger partial charge in [-0.05, 0) is 20.3 Å². The highest BCUT2D eigenvalue weighted by Crippen LogP contribution is 2.17. The smallest absolute Gasteiger partial charge is 0.118 e. The van der Waals surface area contributed by atoms with E-state index in [1.54, 1.807) is 0 Å². The summed E-state index contributed by atoms with van der Waals surface area (Å²) in [4.78, 5) is 4.66. The number of halogens is 1. The number of nitrogens with zero attached hydrogens (tertiary/aromatic N) is 2. The van der Waals surface area contributed by atoms with Crippen LogP contribution in [0.5, 0.6) is 0 Å². The predicted octanol–water partition coefficient (Wildman–Crippen LogP) is 7.72. The summed E-state index contributed by atoms with van der Waals surface area (Å²) in [6.45, 7) is 6.56. The first-order valence-electron chi connectivity index (χ1n) is 10.4. The lowest BCUT2D eigenvalue weighted by Crippen LogP contribution is -1.94. The fourth-order valence-electron chi connectivity index (χ4n) is 3.29. The Labute approximate surface area is 164 Å². The number of imidazole rings is 1. The molecule has 24 heavy (non-hydrogen) atoms. The fraction of sp³-hybridized carbons (Fsp3) is 0.857. The van der Waals surface area contributed by atoms with Crippen molar-refractivity contribution in [2.24, 2.45) is 0 Å². The molecule has 0 fully saturated rings. The summed E-state index contributed by atoms with van der Waals surface area (Å²) in [6.07, 6.45) is 21.0. The van der Waals surface area contributed by atoms with Gasteiger partial charge < -0.3 is 0 Å². The maximum Gasteiger partial charge on any atom is 0.118 e. The van der Waals surface area contributed by atoms with E-state index in [-0.39, 0.29) is 0 Å². The highest BCUT2D eigenvalue weighted by molar-refractivity contribution is 14.1. The van der Waals surface area contributed by atoms with Crippen LogP contribution in [-0.4, -0.2) is 7.76 Å². The van der Waals surface area contributed by atoms with Gasteiger partial charge in [-0.25, -0.2) is 4.98 Å². The third-order valence-corrected chi connectivity index (χ3v) is 6.38. The van der Waals surface area contributed by atoms with Crippen molar-refractivity contribution in [1.82, 2.24) is 7.76 Å². The number of rotatable bonds is 15. The fourth-order valence-corrected chi connectivity index (χ4v) is 3.98. The van der Waals surface area contributed by atoms with E-state index in [9.17, 15) is 0 Å². The van der Waals surface area contributed by atoms with Crippen molar-refractivity contribution in [3.8, 4) is 0 Å². The van der Waals surface area contributed by atoms with Crippen molar-refractivity contribution in [3.05, 3.63) is 17.2 Å². The number of hydrogen-bond acceptors (Lipinski definition) is 1. The molecule has 0 unspecified atom stereocenters. The first kappa shape index (κ1) is 22.0. The Kier molecular flexibility index (Phi) is 13.0. The van der Waals surface area contributed by atoms with Gasteiger partial charge in [0.15, 0.2) is 0 Å². The summed E-state index contributed by atoms with van der Waals surface area (Å²) in [6, 6.07) is 0. The van der Waals surface area contributed by atoms with E-state index in [1.807, 2.05) is 0 Å². The number of hydrogen-bond donors (Lipinski definition) is 0. The summed E-state index contributed by atoms with van der Waals surface area (Å²) in [5.74, 6) is 1.25. The highest BCUT2D eigenvalue weighted by atomic mass is 127. The maximum atomic E-state index is 4.66. The zero-order valence-corrected chi connectivity index (χ0v) is 18.5. The van der Waals surface area contributed by atoms with Gasteiger partial charge in [0.25, 0.3) is 0 Å². The zero-order valence-electron chi connectivity index (χ0n) is 16.4. The van der Waals surface area contributed by atoms with E-state index in [4.69, 9.17) is 0 Å². The molecule has 0 aliphatic rings. The Balaban J connectivity index is 1.85. The lowest BCUT2D eigenvalue weighted by Gasteiger charge is -2.04. The molecule has 140 valence electrons. The molecule has 0 amide bonds. The van der Waals surface area contributed by atoms with Gasteiger partial charge in [-0.1, -0.05) is 90.4 Å². The van der Waals surface area contributed by atoms with E-state index >= 15 is 0 Å². The third-order valence-electron chi connectivity index (χ3n) is 5.10. The number of unbranched alkanes of at least 4 members (excludes halogenated alkanes) is 13. The molecule has 0 saturated heterocycles. The van der Waals surface area contributed by atoms with Gasteiger partial charge in [-0.2, -0.15) is 0 Å². The molecule has 0 aliphatic heterocycles. The lowest BCUT2D eigenvalue weighted by molar-refractivity contribution is 0.534. The molecule has 0 aliphatic carbocycles. The molecule has 0 saturated carbocycles. The van der Waals surface area contributed by atoms with Crippen LogP contribution in [0, 0.1) is 13.8 Å². The van der Waals surface area contributed by atoms with Crippen LogP contribution in [0.3, 0.4) is 0 Å². The Bertz CT molecular complexity index is 426. The lowest BCUT2D eigenvalue weighted by atomic mass is 10.0. The molecule has 1 heterocycles. The van der Waals surface area contributed by atoms with E-state index in [1.165, 1.54) is 107 Å². The molecular formula is C21H39IN2. The summed E-state index contributed by atoms with van der Waals surface area (Å²) in [7, 11) is 0. The normalized spacial score (nSPS) is 11.3. The van der Waals surface area contributed by atoms with Crippen LogP contribution in [0.2, 0.25) is 0 Å². The van der Waals surface area contributed by atoms with E-state index in [0.717, 1.165) is 6.42 Å². The second-order valence-electron chi connectivity index (χ2n) is 7.33. The van der Waals surface area contributed by atoms with Crippen LogP contribution < -0.4 is 0 Å². The van der Waals surface area contributed by atoms with Crippen LogP contribution in [0.1, 0.15) is 114 Å². The first-order chi connectivity index (χ1) is 11.7. The van der Waals surface area contributed by atoms with Crippen molar-refractivity contribution in [2.75, 3.05) is 0 Å². The molecule has 2 nitrogen and oxygen atoms in total. The van der Waals surface area contributed by atoms with E-state index in [2.05, 4.69) is 51.4 Å². The summed E-state index contributed by atoms with van der Waals surface area (Å²) < 4.78 is 2.23. The molecule has 0 aromatic carbocycles. The minimum absolute atomic E-state index is 1.13. The molecule has 0 bridgehead atoms. The Morgan fingerprint density at radius 2 is 1.12 bits per heavy atom. The van der Waals surface area contributed by atoms with Crippen LogP contribution >= 0.6 is 22.9 Å². The van der Waals surface area contributed by atoms with Crippen LogP contribution in [-0.2, 0) is 6.42 Å². The summed E-state index contributed by atoms with van der Waals surface area (Å²) >= 11 is 2.38. The topological polar surface area (TPSA) is 17.8 Å². The SMILES string of the molecule is CCCCCCCCCCCCCCCCc1nc(C)c(C)n1I. The van der Waals surface area contributed by atoms with Crippen LogP contribution in [0.25, 0.3) is 0 Å². The highest BCUT2D eigenvalue weighted by Gasteiger charge is 2.07. The van der Waals surface area contributed by atoms with Crippen molar-refractivity contribution in [3.63, 3.8) is 0 Å². The van der Waals surface area contributed by atoms with Gasteiger partial charge in [-0.15, -0.1) is 0 Å². The molecule has 3 heteroatoms. The molecule has 1 aromatic heterocycles. The Morgan fingerprint density at radius 1 is 0.708 bits per heavy atom. The van der Waals surface area contributed by atoms with Crippen LogP contribution in [0.15, 0.2) is 0 Å². The van der Waals surface area contributed by atoms with Gasteiger partial charge in [-0.3, -0.25) is 2.78 Å². The molecule has 1 rings (SSSR count). The molecule has 0 radical (unpaired) electrons. The minimum atomic E-state index is 1.13.